The van der Waals surface area contributed by atoms with Crippen molar-refractivity contribution < 1.29 is 23.8 Å². The molecule has 0 amide bonds. The number of rotatable bonds is 43. The van der Waals surface area contributed by atoms with Crippen LogP contribution in [0.2, 0.25) is 0 Å². The number of unbranched alkanes of at least 4 members (excludes halogenated alkanes) is 26. The van der Waals surface area contributed by atoms with Gasteiger partial charge in [0.05, 0.1) is 6.61 Å². The summed E-state index contributed by atoms with van der Waals surface area (Å²) < 4.78 is 17.3. The minimum Gasteiger partial charge on any atom is -0.462 e. The molecular formula is C49H90O5. The molecule has 0 rings (SSSR count). The van der Waals surface area contributed by atoms with Gasteiger partial charge in [0.2, 0.25) is 0 Å². The van der Waals surface area contributed by atoms with Crippen LogP contribution < -0.4 is 0 Å². The molecule has 54 heavy (non-hydrogen) atoms. The predicted molar refractivity (Wildman–Crippen MR) is 233 cm³/mol. The topological polar surface area (TPSA) is 61.8 Å². The highest BCUT2D eigenvalue weighted by atomic mass is 16.6. The fourth-order valence-electron chi connectivity index (χ4n) is 6.58. The quantitative estimate of drug-likeness (QED) is 0.0352. The van der Waals surface area contributed by atoms with Gasteiger partial charge in [-0.05, 0) is 70.6 Å². The van der Waals surface area contributed by atoms with Crippen LogP contribution in [0.5, 0.6) is 0 Å². The summed E-state index contributed by atoms with van der Waals surface area (Å²) in [4.78, 5) is 25.2. The lowest BCUT2D eigenvalue weighted by Gasteiger charge is -2.18. The van der Waals surface area contributed by atoms with Crippen LogP contribution in [0.25, 0.3) is 0 Å². The fraction of sp³-hybridized carbons (Fsp3) is 0.837. The third kappa shape index (κ3) is 42.9. The largest absolute Gasteiger partial charge is 0.462 e. The molecule has 1 unspecified atom stereocenters. The summed E-state index contributed by atoms with van der Waals surface area (Å²) >= 11 is 0. The van der Waals surface area contributed by atoms with Crippen LogP contribution in [0.1, 0.15) is 239 Å². The molecule has 0 bridgehead atoms. The van der Waals surface area contributed by atoms with Crippen LogP contribution in [0.3, 0.4) is 0 Å². The van der Waals surface area contributed by atoms with Gasteiger partial charge >= 0.3 is 11.9 Å². The molecule has 0 radical (unpaired) electrons. The molecule has 0 heterocycles. The number of ether oxygens (including phenoxy) is 3. The first-order valence-corrected chi connectivity index (χ1v) is 23.5. The van der Waals surface area contributed by atoms with Crippen molar-refractivity contribution in [2.75, 3.05) is 19.8 Å². The Labute approximate surface area is 336 Å². The van der Waals surface area contributed by atoms with Gasteiger partial charge in [-0.25, -0.2) is 0 Å². The number of esters is 2. The highest BCUT2D eigenvalue weighted by molar-refractivity contribution is 5.70. The first-order valence-electron chi connectivity index (χ1n) is 23.5. The molecule has 0 aliphatic carbocycles. The number of hydrogen-bond donors (Lipinski definition) is 0. The van der Waals surface area contributed by atoms with E-state index in [9.17, 15) is 9.59 Å². The van der Waals surface area contributed by atoms with Crippen LogP contribution in [0.15, 0.2) is 36.5 Å². The first kappa shape index (κ1) is 52.1. The molecule has 5 nitrogen and oxygen atoms in total. The zero-order valence-electron chi connectivity index (χ0n) is 36.2. The molecule has 0 aromatic carbocycles. The summed E-state index contributed by atoms with van der Waals surface area (Å²) in [5.74, 6) is -0.410. The fourth-order valence-corrected chi connectivity index (χ4v) is 6.58. The Morgan fingerprint density at radius 1 is 0.407 bits per heavy atom. The molecule has 0 N–H and O–H groups in total. The standard InChI is InChI=1S/C49H90O5/c1-4-7-10-13-16-19-22-23-24-25-26-27-29-30-33-36-39-42-48(50)53-46-47(45-52-44-41-38-35-32-21-18-15-12-9-6-3)54-49(51)43-40-37-34-31-28-20-17-14-11-8-5-2/h14,16-17,19,23-24,47H,4-13,15,18,20-22,25-46H2,1-3H3/b17-14-,19-16-,24-23-. The summed E-state index contributed by atoms with van der Waals surface area (Å²) in [5.41, 5.74) is 0. The number of carbonyl (C=O) groups is 2. The Morgan fingerprint density at radius 3 is 1.33 bits per heavy atom. The van der Waals surface area contributed by atoms with Crippen LogP contribution in [0.4, 0.5) is 0 Å². The van der Waals surface area contributed by atoms with Gasteiger partial charge in [-0.3, -0.25) is 9.59 Å². The summed E-state index contributed by atoms with van der Waals surface area (Å²) in [6.07, 6.45) is 52.8. The van der Waals surface area contributed by atoms with Gasteiger partial charge in [0, 0.05) is 19.4 Å². The second kappa shape index (κ2) is 45.5. The molecular weight excluding hydrogens is 669 g/mol. The number of hydrogen-bond acceptors (Lipinski definition) is 5. The van der Waals surface area contributed by atoms with E-state index in [0.29, 0.717) is 19.4 Å². The molecule has 0 aromatic heterocycles. The van der Waals surface area contributed by atoms with E-state index >= 15 is 0 Å². The minimum atomic E-state index is -0.536. The van der Waals surface area contributed by atoms with Gasteiger partial charge in [0.15, 0.2) is 6.10 Å². The molecule has 5 heteroatoms. The zero-order valence-corrected chi connectivity index (χ0v) is 36.2. The number of carbonyl (C=O) groups excluding carboxylic acids is 2. The van der Waals surface area contributed by atoms with E-state index in [1.165, 1.54) is 141 Å². The Balaban J connectivity index is 4.20. The van der Waals surface area contributed by atoms with E-state index in [1.54, 1.807) is 0 Å². The van der Waals surface area contributed by atoms with Gasteiger partial charge in [-0.2, -0.15) is 0 Å². The van der Waals surface area contributed by atoms with E-state index in [1.807, 2.05) is 0 Å². The third-order valence-electron chi connectivity index (χ3n) is 10.1. The second-order valence-electron chi connectivity index (χ2n) is 15.7. The van der Waals surface area contributed by atoms with Gasteiger partial charge in [0.25, 0.3) is 0 Å². The summed E-state index contributed by atoms with van der Waals surface area (Å²) in [6.45, 7) is 7.76. The molecule has 0 saturated carbocycles. The van der Waals surface area contributed by atoms with E-state index in [2.05, 4.69) is 57.2 Å². The van der Waals surface area contributed by atoms with E-state index < -0.39 is 6.10 Å². The average Bonchev–Trinajstić information content (AvgIpc) is 3.17. The maximum absolute atomic E-state index is 12.7. The van der Waals surface area contributed by atoms with Gasteiger partial charge in [-0.15, -0.1) is 0 Å². The van der Waals surface area contributed by atoms with Crippen molar-refractivity contribution in [3.05, 3.63) is 36.5 Å². The molecule has 0 aliphatic rings. The Morgan fingerprint density at radius 2 is 0.796 bits per heavy atom. The van der Waals surface area contributed by atoms with Crippen molar-refractivity contribution in [1.29, 1.82) is 0 Å². The second-order valence-corrected chi connectivity index (χ2v) is 15.7. The van der Waals surface area contributed by atoms with Crippen LogP contribution in [0, 0.1) is 0 Å². The van der Waals surface area contributed by atoms with E-state index in [-0.39, 0.29) is 25.2 Å². The van der Waals surface area contributed by atoms with Crippen molar-refractivity contribution >= 4 is 11.9 Å². The third-order valence-corrected chi connectivity index (χ3v) is 10.1. The molecule has 0 spiro atoms. The van der Waals surface area contributed by atoms with Gasteiger partial charge in [-0.1, -0.05) is 192 Å². The first-order chi connectivity index (χ1) is 26.6. The highest BCUT2D eigenvalue weighted by Crippen LogP contribution is 2.14. The highest BCUT2D eigenvalue weighted by Gasteiger charge is 2.17. The van der Waals surface area contributed by atoms with Crippen LogP contribution in [-0.4, -0.2) is 37.9 Å². The summed E-state index contributed by atoms with van der Waals surface area (Å²) in [6, 6.07) is 0. The maximum atomic E-state index is 12.7. The van der Waals surface area contributed by atoms with Crippen LogP contribution >= 0.6 is 0 Å². The van der Waals surface area contributed by atoms with Crippen molar-refractivity contribution in [3.8, 4) is 0 Å². The summed E-state index contributed by atoms with van der Waals surface area (Å²) in [7, 11) is 0. The van der Waals surface area contributed by atoms with Crippen molar-refractivity contribution in [3.63, 3.8) is 0 Å². The lowest BCUT2D eigenvalue weighted by molar-refractivity contribution is -0.163. The minimum absolute atomic E-state index is 0.0814. The molecule has 0 fully saturated rings. The zero-order chi connectivity index (χ0) is 39.3. The van der Waals surface area contributed by atoms with Crippen molar-refractivity contribution in [2.24, 2.45) is 0 Å². The SMILES string of the molecule is CCCC/C=C\CCCCCCCC(=O)OC(COCCCCCCCCCCCC)COC(=O)CCCCCCCCC/C=C\C/C=C\CCCCC. The number of allylic oxidation sites excluding steroid dienone is 6. The predicted octanol–water partition coefficient (Wildman–Crippen LogP) is 15.4. The van der Waals surface area contributed by atoms with Crippen molar-refractivity contribution in [1.82, 2.24) is 0 Å². The lowest BCUT2D eigenvalue weighted by atomic mass is 10.1. The maximum Gasteiger partial charge on any atom is 0.306 e. The van der Waals surface area contributed by atoms with E-state index in [0.717, 1.165) is 64.2 Å². The molecule has 0 saturated heterocycles. The molecule has 316 valence electrons. The molecule has 0 aliphatic heterocycles. The Bertz CT molecular complexity index is 862. The molecule has 0 aromatic rings. The van der Waals surface area contributed by atoms with Gasteiger partial charge < -0.3 is 14.2 Å². The summed E-state index contributed by atoms with van der Waals surface area (Å²) in [5, 5.41) is 0. The Hall–Kier alpha value is -1.88. The normalized spacial score (nSPS) is 12.4. The van der Waals surface area contributed by atoms with Crippen LogP contribution in [-0.2, 0) is 23.8 Å². The lowest BCUT2D eigenvalue weighted by Crippen LogP contribution is -2.30. The molecule has 1 atom stereocenters. The van der Waals surface area contributed by atoms with Crippen molar-refractivity contribution in [2.45, 2.75) is 245 Å². The average molecular weight is 759 g/mol. The smallest absolute Gasteiger partial charge is 0.306 e. The van der Waals surface area contributed by atoms with E-state index in [4.69, 9.17) is 14.2 Å². The Kier molecular flexibility index (Phi) is 43.9. The monoisotopic (exact) mass is 759 g/mol. The van der Waals surface area contributed by atoms with Gasteiger partial charge in [0.1, 0.15) is 6.61 Å².